The third-order valence-corrected chi connectivity index (χ3v) is 2.68. The number of benzene rings is 1. The fourth-order valence-corrected chi connectivity index (χ4v) is 1.83. The van der Waals surface area contributed by atoms with Crippen LogP contribution in [0.5, 0.6) is 0 Å². The molecule has 0 fully saturated rings. The number of rotatable bonds is 3. The molecular formula is C15H19N3O3. The molecule has 0 aliphatic heterocycles. The Kier molecular flexibility index (Phi) is 4.16. The fraction of sp³-hybridized carbons (Fsp3) is 0.333. The normalized spacial score (nSPS) is 11.2. The minimum atomic E-state index is -0.594. The summed E-state index contributed by atoms with van der Waals surface area (Å²) in [7, 11) is 0. The zero-order chi connectivity index (χ0) is 15.5. The SMILES string of the molecule is CC(C)(C)OC(=O)Nc1c[nH]c(=O)n1Cc1ccccc1. The monoisotopic (exact) mass is 289 g/mol. The molecule has 21 heavy (non-hydrogen) atoms. The van der Waals surface area contributed by atoms with Gasteiger partial charge in [-0.05, 0) is 26.3 Å². The number of carbonyl (C=O) groups excluding carboxylic acids is 1. The minimum Gasteiger partial charge on any atom is -0.444 e. The summed E-state index contributed by atoms with van der Waals surface area (Å²) >= 11 is 0. The van der Waals surface area contributed by atoms with Crippen LogP contribution < -0.4 is 11.0 Å². The lowest BCUT2D eigenvalue weighted by molar-refractivity contribution is 0.0634. The maximum absolute atomic E-state index is 11.8. The summed E-state index contributed by atoms with van der Waals surface area (Å²) < 4.78 is 6.62. The highest BCUT2D eigenvalue weighted by Crippen LogP contribution is 2.11. The molecule has 0 aliphatic rings. The van der Waals surface area contributed by atoms with Gasteiger partial charge in [-0.2, -0.15) is 0 Å². The van der Waals surface area contributed by atoms with Crippen molar-refractivity contribution in [3.63, 3.8) is 0 Å². The number of anilines is 1. The number of aromatic nitrogens is 2. The maximum Gasteiger partial charge on any atom is 0.413 e. The van der Waals surface area contributed by atoms with E-state index in [2.05, 4.69) is 10.3 Å². The van der Waals surface area contributed by atoms with Gasteiger partial charge in [-0.25, -0.2) is 9.59 Å². The van der Waals surface area contributed by atoms with Crippen molar-refractivity contribution in [2.45, 2.75) is 32.9 Å². The van der Waals surface area contributed by atoms with Crippen LogP contribution in [0.2, 0.25) is 0 Å². The van der Waals surface area contributed by atoms with Crippen LogP contribution in [-0.4, -0.2) is 21.2 Å². The average molecular weight is 289 g/mol. The molecule has 112 valence electrons. The predicted octanol–water partition coefficient (Wildman–Crippen LogP) is 2.57. The van der Waals surface area contributed by atoms with E-state index in [4.69, 9.17) is 4.74 Å². The van der Waals surface area contributed by atoms with E-state index in [0.29, 0.717) is 12.4 Å². The van der Waals surface area contributed by atoms with Gasteiger partial charge < -0.3 is 9.72 Å². The number of carbonyl (C=O) groups is 1. The summed E-state index contributed by atoms with van der Waals surface area (Å²) in [4.78, 5) is 26.2. The molecule has 1 aromatic carbocycles. The lowest BCUT2D eigenvalue weighted by Gasteiger charge is -2.19. The van der Waals surface area contributed by atoms with E-state index in [0.717, 1.165) is 5.56 Å². The number of nitrogens with zero attached hydrogens (tertiary/aromatic N) is 1. The van der Waals surface area contributed by atoms with Crippen LogP contribution in [0.3, 0.4) is 0 Å². The van der Waals surface area contributed by atoms with E-state index in [9.17, 15) is 9.59 Å². The Morgan fingerprint density at radius 1 is 1.29 bits per heavy atom. The Labute approximate surface area is 122 Å². The summed E-state index contributed by atoms with van der Waals surface area (Å²) in [6, 6.07) is 9.53. The molecule has 1 aromatic heterocycles. The number of amides is 1. The van der Waals surface area contributed by atoms with Crippen molar-refractivity contribution in [3.05, 3.63) is 52.6 Å². The van der Waals surface area contributed by atoms with Crippen molar-refractivity contribution in [1.82, 2.24) is 9.55 Å². The summed E-state index contributed by atoms with van der Waals surface area (Å²) in [5, 5.41) is 2.58. The lowest BCUT2D eigenvalue weighted by Crippen LogP contribution is -2.29. The number of ether oxygens (including phenoxy) is 1. The number of nitrogens with one attached hydrogen (secondary N) is 2. The molecule has 0 saturated carbocycles. The maximum atomic E-state index is 11.8. The molecule has 0 bridgehead atoms. The van der Waals surface area contributed by atoms with Gasteiger partial charge in [-0.1, -0.05) is 30.3 Å². The second-order valence-corrected chi connectivity index (χ2v) is 5.68. The highest BCUT2D eigenvalue weighted by atomic mass is 16.6. The standard InChI is InChI=1S/C15H19N3O3/c1-15(2,3)21-14(20)17-12-9-16-13(19)18(12)10-11-7-5-4-6-8-11/h4-9H,10H2,1-3H3,(H,16,19)(H,17,20). The summed E-state index contributed by atoms with van der Waals surface area (Å²) in [6.07, 6.45) is 0.859. The second kappa shape index (κ2) is 5.87. The minimum absolute atomic E-state index is 0.287. The molecule has 2 aromatic rings. The zero-order valence-corrected chi connectivity index (χ0v) is 12.3. The number of H-pyrrole nitrogens is 1. The van der Waals surface area contributed by atoms with Gasteiger partial charge >= 0.3 is 11.8 Å². The summed E-state index contributed by atoms with van der Waals surface area (Å²) in [5.41, 5.74) is 0.0849. The smallest absolute Gasteiger partial charge is 0.413 e. The average Bonchev–Trinajstić information content (AvgIpc) is 2.70. The number of aromatic amines is 1. The number of hydrogen-bond donors (Lipinski definition) is 2. The zero-order valence-electron chi connectivity index (χ0n) is 12.3. The topological polar surface area (TPSA) is 76.1 Å². The first-order chi connectivity index (χ1) is 9.85. The van der Waals surface area contributed by atoms with Crippen LogP contribution in [0.15, 0.2) is 41.3 Å². The Morgan fingerprint density at radius 2 is 1.95 bits per heavy atom. The molecule has 6 heteroatoms. The van der Waals surface area contributed by atoms with Crippen molar-refractivity contribution < 1.29 is 9.53 Å². The summed E-state index contributed by atoms with van der Waals surface area (Å²) in [6.45, 7) is 5.70. The first kappa shape index (κ1) is 14.9. The Hall–Kier alpha value is -2.50. The Bertz CT molecular complexity index is 665. The highest BCUT2D eigenvalue weighted by Gasteiger charge is 2.18. The van der Waals surface area contributed by atoms with Crippen LogP contribution in [0.4, 0.5) is 10.6 Å². The lowest BCUT2D eigenvalue weighted by atomic mass is 10.2. The molecule has 1 amide bonds. The van der Waals surface area contributed by atoms with E-state index < -0.39 is 11.7 Å². The van der Waals surface area contributed by atoms with Crippen molar-refractivity contribution in [2.75, 3.05) is 5.32 Å². The molecule has 0 aliphatic carbocycles. The molecule has 6 nitrogen and oxygen atoms in total. The molecular weight excluding hydrogens is 270 g/mol. The molecule has 0 spiro atoms. The van der Waals surface area contributed by atoms with E-state index >= 15 is 0 Å². The van der Waals surface area contributed by atoms with Crippen molar-refractivity contribution in [1.29, 1.82) is 0 Å². The van der Waals surface area contributed by atoms with Crippen LogP contribution in [0.25, 0.3) is 0 Å². The third-order valence-electron chi connectivity index (χ3n) is 2.68. The summed E-state index contributed by atoms with van der Waals surface area (Å²) in [5.74, 6) is 0.373. The van der Waals surface area contributed by atoms with Gasteiger partial charge in [0, 0.05) is 6.20 Å². The molecule has 1 heterocycles. The second-order valence-electron chi connectivity index (χ2n) is 5.68. The quantitative estimate of drug-likeness (QED) is 0.911. The highest BCUT2D eigenvalue weighted by molar-refractivity contribution is 5.83. The van der Waals surface area contributed by atoms with E-state index in [1.54, 1.807) is 20.8 Å². The Balaban J connectivity index is 2.15. The van der Waals surface area contributed by atoms with Gasteiger partial charge in [-0.15, -0.1) is 0 Å². The van der Waals surface area contributed by atoms with Crippen LogP contribution in [0.1, 0.15) is 26.3 Å². The van der Waals surface area contributed by atoms with Crippen molar-refractivity contribution >= 4 is 11.9 Å². The van der Waals surface area contributed by atoms with Crippen molar-refractivity contribution in [3.8, 4) is 0 Å². The number of hydrogen-bond acceptors (Lipinski definition) is 3. The Morgan fingerprint density at radius 3 is 2.57 bits per heavy atom. The first-order valence-corrected chi connectivity index (χ1v) is 6.67. The van der Waals surface area contributed by atoms with Gasteiger partial charge in [0.05, 0.1) is 6.54 Å². The first-order valence-electron chi connectivity index (χ1n) is 6.67. The van der Waals surface area contributed by atoms with Crippen molar-refractivity contribution in [2.24, 2.45) is 0 Å². The van der Waals surface area contributed by atoms with Crippen LogP contribution in [-0.2, 0) is 11.3 Å². The third kappa shape index (κ3) is 4.24. The predicted molar refractivity (Wildman–Crippen MR) is 80.5 cm³/mol. The fourth-order valence-electron chi connectivity index (χ4n) is 1.83. The van der Waals surface area contributed by atoms with Crippen LogP contribution in [0, 0.1) is 0 Å². The molecule has 0 saturated heterocycles. The number of imidazole rings is 1. The molecule has 2 rings (SSSR count). The van der Waals surface area contributed by atoms with Gasteiger partial charge in [0.25, 0.3) is 0 Å². The molecule has 0 unspecified atom stereocenters. The molecule has 0 radical (unpaired) electrons. The van der Waals surface area contributed by atoms with Gasteiger partial charge in [0.15, 0.2) is 0 Å². The molecule has 2 N–H and O–H groups in total. The van der Waals surface area contributed by atoms with Crippen LogP contribution >= 0.6 is 0 Å². The van der Waals surface area contributed by atoms with E-state index in [-0.39, 0.29) is 5.69 Å². The van der Waals surface area contributed by atoms with E-state index in [1.807, 2.05) is 30.3 Å². The largest absolute Gasteiger partial charge is 0.444 e. The van der Waals surface area contributed by atoms with Gasteiger partial charge in [0.2, 0.25) is 0 Å². The van der Waals surface area contributed by atoms with Gasteiger partial charge in [0.1, 0.15) is 11.4 Å². The van der Waals surface area contributed by atoms with Gasteiger partial charge in [-0.3, -0.25) is 9.88 Å². The molecule has 0 atom stereocenters. The van der Waals surface area contributed by atoms with E-state index in [1.165, 1.54) is 10.8 Å².